The number of aromatic amines is 1. The second-order valence-corrected chi connectivity index (χ2v) is 5.28. The number of H-pyrrole nitrogens is 1. The summed E-state index contributed by atoms with van der Waals surface area (Å²) in [5, 5.41) is 3.28. The summed E-state index contributed by atoms with van der Waals surface area (Å²) in [7, 11) is 0. The summed E-state index contributed by atoms with van der Waals surface area (Å²) in [6.45, 7) is 1.36. The van der Waals surface area contributed by atoms with Gasteiger partial charge in [-0.25, -0.2) is 4.79 Å². The molecule has 2 amide bonds. The minimum atomic E-state index is -0.329. The van der Waals surface area contributed by atoms with Crippen LogP contribution in [-0.2, 0) is 11.3 Å². The third-order valence-corrected chi connectivity index (χ3v) is 3.57. The van der Waals surface area contributed by atoms with Crippen LogP contribution in [0.5, 0.6) is 0 Å². The highest BCUT2D eigenvalue weighted by Gasteiger charge is 2.23. The van der Waals surface area contributed by atoms with E-state index in [2.05, 4.69) is 10.3 Å². The van der Waals surface area contributed by atoms with Crippen LogP contribution in [0.3, 0.4) is 0 Å². The average Bonchev–Trinajstić information content (AvgIpc) is 3.14. The number of anilines is 1. The van der Waals surface area contributed by atoms with Gasteiger partial charge in [0.05, 0.1) is 11.6 Å². The number of hydrogen-bond donors (Lipinski definition) is 2. The lowest BCUT2D eigenvalue weighted by atomic mass is 10.2. The average molecular weight is 320 g/mol. The second kappa shape index (κ2) is 6.11. The van der Waals surface area contributed by atoms with Gasteiger partial charge in [0, 0.05) is 18.4 Å². The molecule has 0 unspecified atom stereocenters. The van der Waals surface area contributed by atoms with Crippen LogP contribution in [0.1, 0.15) is 16.1 Å². The maximum absolute atomic E-state index is 11.9. The van der Waals surface area contributed by atoms with Crippen LogP contribution in [0.25, 0.3) is 0 Å². The van der Waals surface area contributed by atoms with Crippen LogP contribution in [0.2, 0.25) is 5.02 Å². The Bertz CT molecular complexity index is 696. The fourth-order valence-electron chi connectivity index (χ4n) is 2.20. The maximum atomic E-state index is 11.9. The zero-order valence-electron chi connectivity index (χ0n) is 11.6. The quantitative estimate of drug-likeness (QED) is 0.909. The molecule has 0 bridgehead atoms. The number of nitrogens with zero attached hydrogens (tertiary/aromatic N) is 1. The zero-order valence-corrected chi connectivity index (χ0v) is 12.4. The van der Waals surface area contributed by atoms with Gasteiger partial charge in [-0.1, -0.05) is 23.7 Å². The zero-order chi connectivity index (χ0) is 15.5. The molecule has 1 aromatic heterocycles. The largest absolute Gasteiger partial charge is 0.447 e. The highest BCUT2D eigenvalue weighted by molar-refractivity contribution is 6.30. The Balaban J connectivity index is 1.59. The van der Waals surface area contributed by atoms with E-state index in [1.54, 1.807) is 17.2 Å². The Labute approximate surface area is 132 Å². The molecule has 22 heavy (non-hydrogen) atoms. The standard InChI is InChI=1S/C15H14ClN3O3/c16-11-7-13(17-9-11)14(20)18-8-10-1-3-12(4-2-10)19-5-6-22-15(19)21/h1-4,7,9,17H,5-6,8H2,(H,18,20). The Morgan fingerprint density at radius 1 is 1.36 bits per heavy atom. The van der Waals surface area contributed by atoms with Crippen molar-refractivity contribution in [3.8, 4) is 0 Å². The number of ether oxygens (including phenoxy) is 1. The van der Waals surface area contributed by atoms with E-state index >= 15 is 0 Å². The van der Waals surface area contributed by atoms with Crippen LogP contribution in [0, 0.1) is 0 Å². The van der Waals surface area contributed by atoms with E-state index in [4.69, 9.17) is 16.3 Å². The monoisotopic (exact) mass is 319 g/mol. The summed E-state index contributed by atoms with van der Waals surface area (Å²) in [6, 6.07) is 8.96. The fourth-order valence-corrected chi connectivity index (χ4v) is 2.36. The van der Waals surface area contributed by atoms with E-state index in [0.717, 1.165) is 11.3 Å². The van der Waals surface area contributed by atoms with Gasteiger partial charge >= 0.3 is 6.09 Å². The van der Waals surface area contributed by atoms with Gasteiger partial charge in [-0.15, -0.1) is 0 Å². The molecule has 2 N–H and O–H groups in total. The normalized spacial score (nSPS) is 14.0. The van der Waals surface area contributed by atoms with Crippen LogP contribution >= 0.6 is 11.6 Å². The minimum absolute atomic E-state index is 0.223. The van der Waals surface area contributed by atoms with Crippen molar-refractivity contribution in [2.24, 2.45) is 0 Å². The Morgan fingerprint density at radius 3 is 2.73 bits per heavy atom. The second-order valence-electron chi connectivity index (χ2n) is 4.85. The number of hydrogen-bond acceptors (Lipinski definition) is 3. The van der Waals surface area contributed by atoms with E-state index in [1.165, 1.54) is 0 Å². The lowest BCUT2D eigenvalue weighted by Gasteiger charge is -2.13. The molecule has 1 aliphatic rings. The van der Waals surface area contributed by atoms with Gasteiger partial charge in [0.2, 0.25) is 0 Å². The molecule has 1 saturated heterocycles. The number of nitrogens with one attached hydrogen (secondary N) is 2. The van der Waals surface area contributed by atoms with Gasteiger partial charge in [-0.2, -0.15) is 0 Å². The molecule has 3 rings (SSSR count). The first-order valence-corrected chi connectivity index (χ1v) is 7.16. The molecule has 0 atom stereocenters. The minimum Gasteiger partial charge on any atom is -0.447 e. The molecule has 114 valence electrons. The molecular formula is C15H14ClN3O3. The smallest absolute Gasteiger partial charge is 0.414 e. The van der Waals surface area contributed by atoms with Crippen LogP contribution < -0.4 is 10.2 Å². The van der Waals surface area contributed by atoms with Crippen molar-refractivity contribution in [3.05, 3.63) is 52.8 Å². The lowest BCUT2D eigenvalue weighted by Crippen LogP contribution is -2.24. The van der Waals surface area contributed by atoms with Gasteiger partial charge in [-0.05, 0) is 23.8 Å². The summed E-state index contributed by atoms with van der Waals surface area (Å²) >= 11 is 5.76. The Kier molecular flexibility index (Phi) is 4.02. The molecule has 2 aromatic rings. The Morgan fingerprint density at radius 2 is 2.14 bits per heavy atom. The van der Waals surface area contributed by atoms with Crippen molar-refractivity contribution in [2.45, 2.75) is 6.54 Å². The highest BCUT2D eigenvalue weighted by Crippen LogP contribution is 2.19. The summed E-state index contributed by atoms with van der Waals surface area (Å²) in [5.41, 5.74) is 2.14. The van der Waals surface area contributed by atoms with Crippen molar-refractivity contribution >= 4 is 29.3 Å². The molecule has 1 aliphatic heterocycles. The molecule has 1 fully saturated rings. The lowest BCUT2D eigenvalue weighted by molar-refractivity contribution is 0.0946. The predicted molar refractivity (Wildman–Crippen MR) is 82.1 cm³/mol. The van der Waals surface area contributed by atoms with Crippen molar-refractivity contribution in [1.29, 1.82) is 0 Å². The first kappa shape index (κ1) is 14.5. The number of halogens is 1. The topological polar surface area (TPSA) is 74.4 Å². The van der Waals surface area contributed by atoms with Gasteiger partial charge in [0.1, 0.15) is 12.3 Å². The molecule has 0 aliphatic carbocycles. The molecule has 1 aromatic carbocycles. The van der Waals surface area contributed by atoms with E-state index < -0.39 is 0 Å². The SMILES string of the molecule is O=C(NCc1ccc(N2CCOC2=O)cc1)c1cc(Cl)c[nH]1. The number of carbonyl (C=O) groups is 2. The number of aromatic nitrogens is 1. The van der Waals surface area contributed by atoms with Crippen LogP contribution in [0.4, 0.5) is 10.5 Å². The van der Waals surface area contributed by atoms with Crippen molar-refractivity contribution < 1.29 is 14.3 Å². The summed E-state index contributed by atoms with van der Waals surface area (Å²) < 4.78 is 4.90. The van der Waals surface area contributed by atoms with Crippen molar-refractivity contribution in [3.63, 3.8) is 0 Å². The first-order valence-electron chi connectivity index (χ1n) is 6.79. The third-order valence-electron chi connectivity index (χ3n) is 3.35. The van der Waals surface area contributed by atoms with Gasteiger partial charge in [0.15, 0.2) is 0 Å². The predicted octanol–water partition coefficient (Wildman–Crippen LogP) is 2.55. The van der Waals surface area contributed by atoms with Gasteiger partial charge in [-0.3, -0.25) is 9.69 Å². The number of amides is 2. The van der Waals surface area contributed by atoms with Crippen molar-refractivity contribution in [2.75, 3.05) is 18.1 Å². The van der Waals surface area contributed by atoms with Crippen LogP contribution in [0.15, 0.2) is 36.5 Å². The molecule has 2 heterocycles. The Hall–Kier alpha value is -2.47. The molecule has 6 nitrogen and oxygen atoms in total. The molecule has 0 spiro atoms. The van der Waals surface area contributed by atoms with E-state index in [9.17, 15) is 9.59 Å². The number of rotatable bonds is 4. The molecule has 0 saturated carbocycles. The molecular weight excluding hydrogens is 306 g/mol. The van der Waals surface area contributed by atoms with Gasteiger partial charge in [0.25, 0.3) is 5.91 Å². The highest BCUT2D eigenvalue weighted by atomic mass is 35.5. The van der Waals surface area contributed by atoms with E-state index in [1.807, 2.05) is 24.3 Å². The first-order chi connectivity index (χ1) is 10.6. The number of carbonyl (C=O) groups excluding carboxylic acids is 2. The van der Waals surface area contributed by atoms with E-state index in [-0.39, 0.29) is 12.0 Å². The van der Waals surface area contributed by atoms with E-state index in [0.29, 0.717) is 30.4 Å². The van der Waals surface area contributed by atoms with Crippen molar-refractivity contribution in [1.82, 2.24) is 10.3 Å². The summed E-state index contributed by atoms with van der Waals surface area (Å²) in [6.07, 6.45) is 1.23. The molecule has 7 heteroatoms. The third kappa shape index (κ3) is 3.07. The fraction of sp³-hybridized carbons (Fsp3) is 0.200. The summed E-state index contributed by atoms with van der Waals surface area (Å²) in [5.74, 6) is -0.223. The number of cyclic esters (lactones) is 1. The van der Waals surface area contributed by atoms with Crippen LogP contribution in [-0.4, -0.2) is 30.1 Å². The van der Waals surface area contributed by atoms with Gasteiger partial charge < -0.3 is 15.0 Å². The molecule has 0 radical (unpaired) electrons. The summed E-state index contributed by atoms with van der Waals surface area (Å²) in [4.78, 5) is 27.7. The maximum Gasteiger partial charge on any atom is 0.414 e. The number of benzene rings is 1.